The molecule has 1 nitrogen and oxygen atoms in total. The van der Waals surface area contributed by atoms with Crippen molar-refractivity contribution in [3.05, 3.63) is 35.4 Å². The van der Waals surface area contributed by atoms with E-state index in [1.807, 2.05) is 0 Å². The van der Waals surface area contributed by atoms with Crippen LogP contribution in [-0.4, -0.2) is 6.54 Å². The zero-order valence-electron chi connectivity index (χ0n) is 13.9. The highest BCUT2D eigenvalue weighted by atomic mass is 14.9. The first-order valence-corrected chi connectivity index (χ1v) is 8.99. The SMILES string of the molecule is CCNC(c1ccc(CC(C)C)cc1)C1CC2CCC1C2. The minimum Gasteiger partial charge on any atom is -0.310 e. The molecule has 0 aromatic heterocycles. The summed E-state index contributed by atoms with van der Waals surface area (Å²) in [4.78, 5) is 0. The molecule has 2 aliphatic carbocycles. The number of fused-ring (bicyclic) bond motifs is 2. The number of rotatable bonds is 6. The van der Waals surface area contributed by atoms with Crippen molar-refractivity contribution in [3.8, 4) is 0 Å². The molecule has 1 aromatic carbocycles. The van der Waals surface area contributed by atoms with Gasteiger partial charge in [-0.1, -0.05) is 51.5 Å². The third-order valence-electron chi connectivity index (χ3n) is 5.63. The minimum absolute atomic E-state index is 0.582. The first-order valence-electron chi connectivity index (χ1n) is 8.99. The van der Waals surface area contributed by atoms with Crippen molar-refractivity contribution in [3.63, 3.8) is 0 Å². The van der Waals surface area contributed by atoms with E-state index in [9.17, 15) is 0 Å². The lowest BCUT2D eigenvalue weighted by Crippen LogP contribution is -2.31. The number of benzene rings is 1. The molecule has 1 N–H and O–H groups in total. The molecule has 116 valence electrons. The van der Waals surface area contributed by atoms with Gasteiger partial charge in [-0.3, -0.25) is 0 Å². The fourth-order valence-electron chi connectivity index (χ4n) is 4.77. The summed E-state index contributed by atoms with van der Waals surface area (Å²) in [7, 11) is 0. The van der Waals surface area contributed by atoms with Crippen LogP contribution in [0, 0.1) is 23.7 Å². The van der Waals surface area contributed by atoms with Gasteiger partial charge >= 0.3 is 0 Å². The quantitative estimate of drug-likeness (QED) is 0.778. The molecule has 0 amide bonds. The fraction of sp³-hybridized carbons (Fsp3) is 0.700. The first-order chi connectivity index (χ1) is 10.2. The summed E-state index contributed by atoms with van der Waals surface area (Å²) in [5.41, 5.74) is 3.00. The highest BCUT2D eigenvalue weighted by Crippen LogP contribution is 2.52. The van der Waals surface area contributed by atoms with Gasteiger partial charge in [0, 0.05) is 6.04 Å². The average molecular weight is 285 g/mol. The number of nitrogens with one attached hydrogen (secondary N) is 1. The van der Waals surface area contributed by atoms with E-state index in [0.29, 0.717) is 6.04 Å². The Morgan fingerprint density at radius 1 is 1.10 bits per heavy atom. The standard InChI is InChI=1S/C20H31N/c1-4-21-20(19-13-16-7-10-18(19)12-16)17-8-5-15(6-9-17)11-14(2)3/h5-6,8-9,14,16,18-21H,4,7,10-13H2,1-3H3. The first kappa shape index (κ1) is 15.1. The molecule has 0 radical (unpaired) electrons. The van der Waals surface area contributed by atoms with Gasteiger partial charge in [0.05, 0.1) is 0 Å². The van der Waals surface area contributed by atoms with Gasteiger partial charge in [0.25, 0.3) is 0 Å². The third-order valence-corrected chi connectivity index (χ3v) is 5.63. The molecule has 2 aliphatic rings. The monoisotopic (exact) mass is 285 g/mol. The molecule has 0 saturated heterocycles. The lowest BCUT2D eigenvalue weighted by Gasteiger charge is -2.31. The van der Waals surface area contributed by atoms with Crippen LogP contribution in [0.5, 0.6) is 0 Å². The van der Waals surface area contributed by atoms with Gasteiger partial charge in [-0.05, 0) is 67.0 Å². The van der Waals surface area contributed by atoms with Crippen molar-refractivity contribution in [2.24, 2.45) is 23.7 Å². The second-order valence-corrected chi connectivity index (χ2v) is 7.71. The Balaban J connectivity index is 1.74. The number of hydrogen-bond acceptors (Lipinski definition) is 1. The second-order valence-electron chi connectivity index (χ2n) is 7.71. The molecule has 0 aliphatic heterocycles. The topological polar surface area (TPSA) is 12.0 Å². The van der Waals surface area contributed by atoms with Crippen LogP contribution >= 0.6 is 0 Å². The molecular weight excluding hydrogens is 254 g/mol. The van der Waals surface area contributed by atoms with Gasteiger partial charge in [0.2, 0.25) is 0 Å². The Morgan fingerprint density at radius 3 is 2.38 bits per heavy atom. The Kier molecular flexibility index (Phi) is 4.69. The van der Waals surface area contributed by atoms with Crippen LogP contribution in [0.15, 0.2) is 24.3 Å². The number of hydrogen-bond donors (Lipinski definition) is 1. The van der Waals surface area contributed by atoms with Crippen molar-refractivity contribution in [1.29, 1.82) is 0 Å². The summed E-state index contributed by atoms with van der Waals surface area (Å²) in [6.45, 7) is 7.91. The lowest BCUT2D eigenvalue weighted by molar-refractivity contribution is 0.253. The summed E-state index contributed by atoms with van der Waals surface area (Å²) < 4.78 is 0. The average Bonchev–Trinajstić information content (AvgIpc) is 3.08. The van der Waals surface area contributed by atoms with Crippen LogP contribution in [0.4, 0.5) is 0 Å². The van der Waals surface area contributed by atoms with Gasteiger partial charge in [0.1, 0.15) is 0 Å². The van der Waals surface area contributed by atoms with E-state index in [2.05, 4.69) is 50.4 Å². The largest absolute Gasteiger partial charge is 0.310 e. The zero-order chi connectivity index (χ0) is 14.8. The van der Waals surface area contributed by atoms with Crippen LogP contribution in [0.1, 0.15) is 63.6 Å². The van der Waals surface area contributed by atoms with Crippen molar-refractivity contribution in [2.45, 2.75) is 58.9 Å². The molecular formula is C20H31N. The van der Waals surface area contributed by atoms with E-state index in [1.54, 1.807) is 0 Å². The third kappa shape index (κ3) is 3.34. The maximum absolute atomic E-state index is 3.79. The molecule has 2 bridgehead atoms. The van der Waals surface area contributed by atoms with E-state index < -0.39 is 0 Å². The molecule has 3 rings (SSSR count). The molecule has 4 unspecified atom stereocenters. The van der Waals surface area contributed by atoms with Gasteiger partial charge in [-0.25, -0.2) is 0 Å². The van der Waals surface area contributed by atoms with Gasteiger partial charge in [0.15, 0.2) is 0 Å². The van der Waals surface area contributed by atoms with Crippen molar-refractivity contribution in [2.75, 3.05) is 6.54 Å². The van der Waals surface area contributed by atoms with Crippen LogP contribution in [-0.2, 0) is 6.42 Å². The second kappa shape index (κ2) is 6.52. The maximum atomic E-state index is 3.79. The molecule has 2 saturated carbocycles. The highest BCUT2D eigenvalue weighted by Gasteiger charge is 2.43. The summed E-state index contributed by atoms with van der Waals surface area (Å²) in [6.07, 6.45) is 7.12. The predicted octanol–water partition coefficient (Wildman–Crippen LogP) is 4.97. The predicted molar refractivity (Wildman–Crippen MR) is 90.3 cm³/mol. The van der Waals surface area contributed by atoms with E-state index in [-0.39, 0.29) is 0 Å². The minimum atomic E-state index is 0.582. The zero-order valence-corrected chi connectivity index (χ0v) is 13.9. The smallest absolute Gasteiger partial charge is 0.0351 e. The Labute approximate surface area is 130 Å². The molecule has 0 heterocycles. The summed E-state index contributed by atoms with van der Waals surface area (Å²) >= 11 is 0. The molecule has 21 heavy (non-hydrogen) atoms. The van der Waals surface area contributed by atoms with Gasteiger partial charge in [-0.15, -0.1) is 0 Å². The summed E-state index contributed by atoms with van der Waals surface area (Å²) in [5, 5.41) is 3.79. The highest BCUT2D eigenvalue weighted by molar-refractivity contribution is 5.26. The molecule has 4 atom stereocenters. The van der Waals surface area contributed by atoms with Gasteiger partial charge < -0.3 is 5.32 Å². The Morgan fingerprint density at radius 2 is 1.86 bits per heavy atom. The normalized spacial score (nSPS) is 29.2. The van der Waals surface area contributed by atoms with Crippen LogP contribution < -0.4 is 5.32 Å². The summed E-state index contributed by atoms with van der Waals surface area (Å²) in [6, 6.07) is 10.1. The van der Waals surface area contributed by atoms with Gasteiger partial charge in [-0.2, -0.15) is 0 Å². The summed E-state index contributed by atoms with van der Waals surface area (Å²) in [5.74, 6) is 3.63. The van der Waals surface area contributed by atoms with Crippen LogP contribution in [0.3, 0.4) is 0 Å². The van der Waals surface area contributed by atoms with Crippen molar-refractivity contribution >= 4 is 0 Å². The fourth-order valence-corrected chi connectivity index (χ4v) is 4.77. The van der Waals surface area contributed by atoms with E-state index in [0.717, 1.165) is 30.2 Å². The van der Waals surface area contributed by atoms with Crippen LogP contribution in [0.25, 0.3) is 0 Å². The van der Waals surface area contributed by atoms with E-state index >= 15 is 0 Å². The van der Waals surface area contributed by atoms with Crippen LogP contribution in [0.2, 0.25) is 0 Å². The molecule has 1 aromatic rings. The van der Waals surface area contributed by atoms with E-state index in [4.69, 9.17) is 0 Å². The lowest BCUT2D eigenvalue weighted by atomic mass is 9.80. The Hall–Kier alpha value is -0.820. The molecule has 2 fully saturated rings. The molecule has 0 spiro atoms. The maximum Gasteiger partial charge on any atom is 0.0351 e. The molecule has 1 heteroatoms. The van der Waals surface area contributed by atoms with Crippen molar-refractivity contribution < 1.29 is 0 Å². The van der Waals surface area contributed by atoms with Crippen molar-refractivity contribution in [1.82, 2.24) is 5.32 Å². The Bertz CT molecular complexity index is 447. The van der Waals surface area contributed by atoms with E-state index in [1.165, 1.54) is 43.2 Å².